The van der Waals surface area contributed by atoms with Crippen molar-refractivity contribution in [2.24, 2.45) is 0 Å². The molecule has 1 aliphatic heterocycles. The highest BCUT2D eigenvalue weighted by Gasteiger charge is 2.22. The number of piperidine rings is 1. The van der Waals surface area contributed by atoms with Crippen molar-refractivity contribution in [2.45, 2.75) is 25.5 Å². The summed E-state index contributed by atoms with van der Waals surface area (Å²) in [5, 5.41) is 3.63. The quantitative estimate of drug-likeness (QED) is 0.721. The SMILES string of the molecule is Fc1cnc(OC2CCN(Cc3csc4ccccc34)CC2)nc1. The minimum absolute atomic E-state index is 0.103. The van der Waals surface area contributed by atoms with E-state index in [1.165, 1.54) is 15.6 Å². The molecule has 0 radical (unpaired) electrons. The van der Waals surface area contributed by atoms with Gasteiger partial charge in [-0.05, 0) is 35.2 Å². The molecule has 6 heteroatoms. The summed E-state index contributed by atoms with van der Waals surface area (Å²) in [6, 6.07) is 8.82. The van der Waals surface area contributed by atoms with Crippen molar-refractivity contribution in [1.29, 1.82) is 0 Å². The Morgan fingerprint density at radius 2 is 1.92 bits per heavy atom. The lowest BCUT2D eigenvalue weighted by atomic mass is 10.1. The van der Waals surface area contributed by atoms with E-state index in [2.05, 4.69) is 44.5 Å². The van der Waals surface area contributed by atoms with Crippen LogP contribution in [-0.2, 0) is 6.54 Å². The molecule has 1 aromatic carbocycles. The first-order chi connectivity index (χ1) is 11.8. The van der Waals surface area contributed by atoms with Crippen LogP contribution in [0.2, 0.25) is 0 Å². The molecule has 3 heterocycles. The molecule has 1 saturated heterocycles. The molecule has 1 fully saturated rings. The number of likely N-dealkylation sites (tertiary alicyclic amines) is 1. The monoisotopic (exact) mass is 343 g/mol. The summed E-state index contributed by atoms with van der Waals surface area (Å²) in [5.41, 5.74) is 1.40. The van der Waals surface area contributed by atoms with Crippen LogP contribution in [0.15, 0.2) is 42.0 Å². The third-order valence-corrected chi connectivity index (χ3v) is 5.37. The van der Waals surface area contributed by atoms with Gasteiger partial charge in [-0.15, -0.1) is 11.3 Å². The summed E-state index contributed by atoms with van der Waals surface area (Å²) in [5.74, 6) is -0.444. The number of ether oxygens (including phenoxy) is 1. The molecule has 24 heavy (non-hydrogen) atoms. The van der Waals surface area contributed by atoms with E-state index in [4.69, 9.17) is 4.74 Å². The van der Waals surface area contributed by atoms with E-state index in [0.29, 0.717) is 0 Å². The van der Waals surface area contributed by atoms with Gasteiger partial charge in [-0.25, -0.2) is 14.4 Å². The maximum absolute atomic E-state index is 12.8. The third-order valence-electron chi connectivity index (χ3n) is 4.36. The van der Waals surface area contributed by atoms with Crippen molar-refractivity contribution in [1.82, 2.24) is 14.9 Å². The average Bonchev–Trinajstić information content (AvgIpc) is 3.02. The zero-order valence-electron chi connectivity index (χ0n) is 13.2. The maximum atomic E-state index is 12.8. The molecule has 0 saturated carbocycles. The number of thiophene rings is 1. The number of rotatable bonds is 4. The molecule has 0 atom stereocenters. The Hall–Kier alpha value is -2.05. The number of fused-ring (bicyclic) bond motifs is 1. The molecule has 3 aromatic rings. The number of aromatic nitrogens is 2. The summed E-state index contributed by atoms with van der Waals surface area (Å²) in [6.07, 6.45) is 4.25. The third kappa shape index (κ3) is 3.39. The van der Waals surface area contributed by atoms with Crippen molar-refractivity contribution in [3.05, 3.63) is 53.4 Å². The average molecular weight is 343 g/mol. The molecule has 124 valence electrons. The van der Waals surface area contributed by atoms with Crippen LogP contribution in [0.1, 0.15) is 18.4 Å². The first kappa shape index (κ1) is 15.5. The Bertz CT molecular complexity index is 813. The van der Waals surface area contributed by atoms with Gasteiger partial charge in [-0.1, -0.05) is 18.2 Å². The van der Waals surface area contributed by atoms with E-state index in [1.54, 1.807) is 0 Å². The van der Waals surface area contributed by atoms with E-state index in [1.807, 2.05) is 11.3 Å². The Morgan fingerprint density at radius 1 is 1.17 bits per heavy atom. The molecule has 0 aliphatic carbocycles. The van der Waals surface area contributed by atoms with E-state index < -0.39 is 5.82 Å². The highest BCUT2D eigenvalue weighted by molar-refractivity contribution is 7.17. The molecular weight excluding hydrogens is 325 g/mol. The number of hydrogen-bond donors (Lipinski definition) is 0. The molecule has 0 spiro atoms. The second-order valence-corrected chi connectivity index (χ2v) is 6.95. The van der Waals surface area contributed by atoms with Gasteiger partial charge in [0, 0.05) is 24.3 Å². The second kappa shape index (κ2) is 6.83. The maximum Gasteiger partial charge on any atom is 0.316 e. The lowest BCUT2D eigenvalue weighted by Gasteiger charge is -2.31. The minimum Gasteiger partial charge on any atom is -0.460 e. The van der Waals surface area contributed by atoms with E-state index >= 15 is 0 Å². The van der Waals surface area contributed by atoms with E-state index in [-0.39, 0.29) is 12.1 Å². The molecule has 2 aromatic heterocycles. The van der Waals surface area contributed by atoms with Gasteiger partial charge >= 0.3 is 6.01 Å². The Morgan fingerprint density at radius 3 is 2.71 bits per heavy atom. The number of hydrogen-bond acceptors (Lipinski definition) is 5. The molecule has 4 rings (SSSR count). The highest BCUT2D eigenvalue weighted by atomic mass is 32.1. The number of benzene rings is 1. The van der Waals surface area contributed by atoms with E-state index in [0.717, 1.165) is 44.9 Å². The fourth-order valence-electron chi connectivity index (χ4n) is 3.09. The Labute approximate surface area is 143 Å². The van der Waals surface area contributed by atoms with Gasteiger partial charge in [0.05, 0.1) is 12.4 Å². The van der Waals surface area contributed by atoms with Crippen LogP contribution in [0.4, 0.5) is 4.39 Å². The summed E-state index contributed by atoms with van der Waals surface area (Å²) in [6.45, 7) is 2.94. The first-order valence-corrected chi connectivity index (χ1v) is 8.97. The fourth-order valence-corrected chi connectivity index (χ4v) is 4.05. The van der Waals surface area contributed by atoms with Gasteiger partial charge in [-0.2, -0.15) is 0 Å². The Balaban J connectivity index is 1.33. The van der Waals surface area contributed by atoms with Gasteiger partial charge in [0.25, 0.3) is 0 Å². The lowest BCUT2D eigenvalue weighted by molar-refractivity contribution is 0.0893. The number of nitrogens with zero attached hydrogens (tertiary/aromatic N) is 3. The molecule has 0 N–H and O–H groups in total. The van der Waals surface area contributed by atoms with Crippen LogP contribution in [0.5, 0.6) is 6.01 Å². The molecule has 0 bridgehead atoms. The summed E-state index contributed by atoms with van der Waals surface area (Å²) >= 11 is 1.81. The van der Waals surface area contributed by atoms with Gasteiger partial charge in [0.15, 0.2) is 5.82 Å². The zero-order valence-corrected chi connectivity index (χ0v) is 14.0. The van der Waals surface area contributed by atoms with E-state index in [9.17, 15) is 4.39 Å². The minimum atomic E-state index is -0.444. The van der Waals surface area contributed by atoms with Gasteiger partial charge in [0.1, 0.15) is 6.10 Å². The largest absolute Gasteiger partial charge is 0.460 e. The predicted molar refractivity (Wildman–Crippen MR) is 92.7 cm³/mol. The molecule has 0 amide bonds. The second-order valence-electron chi connectivity index (χ2n) is 6.03. The molecule has 1 aliphatic rings. The van der Waals surface area contributed by atoms with Crippen LogP contribution in [-0.4, -0.2) is 34.1 Å². The standard InChI is InChI=1S/C18H18FN3OS/c19-14-9-20-18(21-10-14)23-15-5-7-22(8-6-15)11-13-12-24-17-4-2-1-3-16(13)17/h1-4,9-10,12,15H,5-8,11H2. The fraction of sp³-hybridized carbons (Fsp3) is 0.333. The first-order valence-electron chi connectivity index (χ1n) is 8.09. The van der Waals surface area contributed by atoms with Crippen LogP contribution in [0.25, 0.3) is 10.1 Å². The van der Waals surface area contributed by atoms with Crippen molar-refractivity contribution < 1.29 is 9.13 Å². The lowest BCUT2D eigenvalue weighted by Crippen LogP contribution is -2.38. The van der Waals surface area contributed by atoms with Gasteiger partial charge in [0.2, 0.25) is 0 Å². The predicted octanol–water partition coefficient (Wildman–Crippen LogP) is 3.87. The van der Waals surface area contributed by atoms with Crippen LogP contribution >= 0.6 is 11.3 Å². The van der Waals surface area contributed by atoms with Crippen molar-refractivity contribution in [3.63, 3.8) is 0 Å². The van der Waals surface area contributed by atoms with Gasteiger partial charge < -0.3 is 4.74 Å². The summed E-state index contributed by atoms with van der Waals surface area (Å²) in [7, 11) is 0. The summed E-state index contributed by atoms with van der Waals surface area (Å²) < 4.78 is 19.9. The van der Waals surface area contributed by atoms with Gasteiger partial charge in [-0.3, -0.25) is 4.90 Å². The molecule has 0 unspecified atom stereocenters. The number of halogens is 1. The molecular formula is C18H18FN3OS. The smallest absolute Gasteiger partial charge is 0.316 e. The van der Waals surface area contributed by atoms with Crippen LogP contribution in [0.3, 0.4) is 0 Å². The van der Waals surface area contributed by atoms with Crippen molar-refractivity contribution >= 4 is 21.4 Å². The van der Waals surface area contributed by atoms with Crippen LogP contribution < -0.4 is 4.74 Å². The highest BCUT2D eigenvalue weighted by Crippen LogP contribution is 2.27. The topological polar surface area (TPSA) is 38.2 Å². The van der Waals surface area contributed by atoms with Crippen LogP contribution in [0, 0.1) is 5.82 Å². The van der Waals surface area contributed by atoms with Crippen molar-refractivity contribution in [2.75, 3.05) is 13.1 Å². The Kier molecular flexibility index (Phi) is 4.40. The molecule has 4 nitrogen and oxygen atoms in total. The summed E-state index contributed by atoms with van der Waals surface area (Å²) in [4.78, 5) is 10.2. The van der Waals surface area contributed by atoms with Crippen molar-refractivity contribution in [3.8, 4) is 6.01 Å². The normalized spacial score (nSPS) is 16.5. The zero-order chi connectivity index (χ0) is 16.4.